The molecule has 0 heterocycles. The highest BCUT2D eigenvalue weighted by Crippen LogP contribution is 2.45. The lowest BCUT2D eigenvalue weighted by Crippen LogP contribution is -2.45. The van der Waals surface area contributed by atoms with Gasteiger partial charge >= 0.3 is 0 Å². The molecule has 1 fully saturated rings. The predicted molar refractivity (Wildman–Crippen MR) is 60.4 cm³/mol. The van der Waals surface area contributed by atoms with Gasteiger partial charge in [-0.15, -0.1) is 0 Å². The largest absolute Gasteiger partial charge is 0.385 e. The van der Waals surface area contributed by atoms with Crippen LogP contribution in [0.5, 0.6) is 0 Å². The highest BCUT2D eigenvalue weighted by atomic mass is 35.5. The number of benzene rings is 1. The van der Waals surface area contributed by atoms with Gasteiger partial charge in [-0.2, -0.15) is 0 Å². The van der Waals surface area contributed by atoms with E-state index in [1.807, 2.05) is 0 Å². The van der Waals surface area contributed by atoms with Crippen LogP contribution in [0, 0.1) is 0 Å². The summed E-state index contributed by atoms with van der Waals surface area (Å²) in [6.07, 6.45) is 1.26. The average Bonchev–Trinajstić information content (AvgIpc) is 2.17. The number of hydrogen-bond acceptors (Lipinski definition) is 2. The minimum absolute atomic E-state index is 0.116. The molecule has 0 radical (unpaired) electrons. The van der Waals surface area contributed by atoms with Crippen molar-refractivity contribution in [2.75, 3.05) is 7.11 Å². The van der Waals surface area contributed by atoms with Gasteiger partial charge in [0.05, 0.1) is 11.7 Å². The minimum Gasteiger partial charge on any atom is -0.385 e. The summed E-state index contributed by atoms with van der Waals surface area (Å²) in [6, 6.07) is 5.14. The Kier molecular flexibility index (Phi) is 2.95. The molecule has 15 heavy (non-hydrogen) atoms. The van der Waals surface area contributed by atoms with Crippen molar-refractivity contribution in [3.8, 4) is 0 Å². The molecule has 0 aliphatic heterocycles. The zero-order valence-corrected chi connectivity index (χ0v) is 9.85. The molecule has 2 nitrogen and oxygen atoms in total. The van der Waals surface area contributed by atoms with E-state index in [1.165, 1.54) is 0 Å². The third kappa shape index (κ3) is 2.00. The third-order valence-electron chi connectivity index (χ3n) is 2.89. The van der Waals surface area contributed by atoms with E-state index in [1.54, 1.807) is 25.3 Å². The van der Waals surface area contributed by atoms with Gasteiger partial charge in [-0.05, 0) is 18.2 Å². The average molecular weight is 247 g/mol. The fourth-order valence-electron chi connectivity index (χ4n) is 1.93. The predicted octanol–water partition coefficient (Wildman–Crippen LogP) is 2.99. The van der Waals surface area contributed by atoms with Gasteiger partial charge in [0, 0.05) is 35.6 Å². The summed E-state index contributed by atoms with van der Waals surface area (Å²) in [5.41, 5.74) is -0.173. The summed E-state index contributed by atoms with van der Waals surface area (Å²) in [7, 11) is 1.64. The van der Waals surface area contributed by atoms with Gasteiger partial charge in [-0.3, -0.25) is 0 Å². The van der Waals surface area contributed by atoms with Crippen LogP contribution in [0.3, 0.4) is 0 Å². The SMILES string of the molecule is COC1CC(O)(c2cc(Cl)ccc2Cl)C1. The molecule has 0 aromatic heterocycles. The summed E-state index contributed by atoms with van der Waals surface area (Å²) < 4.78 is 5.14. The second kappa shape index (κ2) is 3.95. The molecule has 1 aliphatic carbocycles. The van der Waals surface area contributed by atoms with Gasteiger partial charge < -0.3 is 9.84 Å². The summed E-state index contributed by atoms with van der Waals surface area (Å²) in [6.45, 7) is 0. The van der Waals surface area contributed by atoms with Crippen molar-refractivity contribution in [3.05, 3.63) is 33.8 Å². The molecule has 1 aliphatic rings. The Morgan fingerprint density at radius 3 is 2.67 bits per heavy atom. The monoisotopic (exact) mass is 246 g/mol. The van der Waals surface area contributed by atoms with E-state index in [2.05, 4.69) is 0 Å². The van der Waals surface area contributed by atoms with Crippen molar-refractivity contribution in [3.63, 3.8) is 0 Å². The summed E-state index contributed by atoms with van der Waals surface area (Å²) in [5.74, 6) is 0. The normalized spacial score (nSPS) is 30.0. The molecule has 82 valence electrons. The van der Waals surface area contributed by atoms with Crippen molar-refractivity contribution in [2.24, 2.45) is 0 Å². The van der Waals surface area contributed by atoms with Crippen LogP contribution in [-0.2, 0) is 10.3 Å². The minimum atomic E-state index is -0.872. The summed E-state index contributed by atoms with van der Waals surface area (Å²) in [5, 5.41) is 11.4. The number of ether oxygens (including phenoxy) is 1. The Bertz CT molecular complexity index is 373. The van der Waals surface area contributed by atoms with Gasteiger partial charge in [-0.25, -0.2) is 0 Å². The summed E-state index contributed by atoms with van der Waals surface area (Å²) in [4.78, 5) is 0. The van der Waals surface area contributed by atoms with E-state index in [0.717, 1.165) is 0 Å². The molecule has 1 N–H and O–H groups in total. The summed E-state index contributed by atoms with van der Waals surface area (Å²) >= 11 is 11.9. The van der Waals surface area contributed by atoms with Crippen molar-refractivity contribution in [1.82, 2.24) is 0 Å². The second-order valence-corrected chi connectivity index (χ2v) is 4.77. The van der Waals surface area contributed by atoms with Crippen LogP contribution in [0.15, 0.2) is 18.2 Å². The van der Waals surface area contributed by atoms with Crippen LogP contribution in [0.25, 0.3) is 0 Å². The van der Waals surface area contributed by atoms with E-state index < -0.39 is 5.60 Å². The van der Waals surface area contributed by atoms with Crippen LogP contribution in [0.1, 0.15) is 18.4 Å². The molecule has 0 saturated heterocycles. The smallest absolute Gasteiger partial charge is 0.0960 e. The molecule has 0 amide bonds. The number of aliphatic hydroxyl groups is 1. The lowest BCUT2D eigenvalue weighted by molar-refractivity contribution is -0.133. The Morgan fingerprint density at radius 1 is 1.40 bits per heavy atom. The van der Waals surface area contributed by atoms with E-state index in [4.69, 9.17) is 27.9 Å². The molecule has 1 aromatic rings. The van der Waals surface area contributed by atoms with Crippen LogP contribution < -0.4 is 0 Å². The van der Waals surface area contributed by atoms with Gasteiger partial charge in [0.25, 0.3) is 0 Å². The van der Waals surface area contributed by atoms with Crippen molar-refractivity contribution in [1.29, 1.82) is 0 Å². The van der Waals surface area contributed by atoms with Crippen molar-refractivity contribution < 1.29 is 9.84 Å². The molecule has 0 bridgehead atoms. The number of methoxy groups -OCH3 is 1. The van der Waals surface area contributed by atoms with Crippen LogP contribution in [0.4, 0.5) is 0 Å². The molecular weight excluding hydrogens is 235 g/mol. The maximum Gasteiger partial charge on any atom is 0.0960 e. The molecule has 2 rings (SSSR count). The van der Waals surface area contributed by atoms with Gasteiger partial charge in [0.15, 0.2) is 0 Å². The Hall–Kier alpha value is -0.280. The molecule has 0 spiro atoms. The third-order valence-corrected chi connectivity index (χ3v) is 3.46. The Labute approximate surface area is 98.8 Å². The van der Waals surface area contributed by atoms with Crippen LogP contribution in [0.2, 0.25) is 10.0 Å². The first kappa shape index (κ1) is 11.2. The first-order chi connectivity index (χ1) is 7.05. The number of halogens is 2. The topological polar surface area (TPSA) is 29.5 Å². The maximum absolute atomic E-state index is 10.3. The van der Waals surface area contributed by atoms with E-state index in [9.17, 15) is 5.11 Å². The fraction of sp³-hybridized carbons (Fsp3) is 0.455. The van der Waals surface area contributed by atoms with E-state index in [-0.39, 0.29) is 6.10 Å². The standard InChI is InChI=1S/C11H12Cl2O2/c1-15-8-5-11(14,6-8)9-4-7(12)2-3-10(9)13/h2-4,8,14H,5-6H2,1H3. The van der Waals surface area contributed by atoms with Gasteiger partial charge in [0.2, 0.25) is 0 Å². The van der Waals surface area contributed by atoms with Crippen LogP contribution in [-0.4, -0.2) is 18.3 Å². The molecule has 0 atom stereocenters. The lowest BCUT2D eigenvalue weighted by Gasteiger charge is -2.43. The first-order valence-electron chi connectivity index (χ1n) is 4.76. The fourth-order valence-corrected chi connectivity index (χ4v) is 2.40. The number of rotatable bonds is 2. The van der Waals surface area contributed by atoms with Gasteiger partial charge in [0.1, 0.15) is 0 Å². The molecule has 1 aromatic carbocycles. The molecular formula is C11H12Cl2O2. The van der Waals surface area contributed by atoms with Gasteiger partial charge in [-0.1, -0.05) is 23.2 Å². The second-order valence-electron chi connectivity index (χ2n) is 3.92. The molecule has 0 unspecified atom stereocenters. The van der Waals surface area contributed by atoms with Crippen LogP contribution >= 0.6 is 23.2 Å². The highest BCUT2D eigenvalue weighted by Gasteiger charge is 2.45. The Morgan fingerprint density at radius 2 is 2.07 bits per heavy atom. The highest BCUT2D eigenvalue weighted by molar-refractivity contribution is 6.33. The number of hydrogen-bond donors (Lipinski definition) is 1. The van der Waals surface area contributed by atoms with E-state index in [0.29, 0.717) is 28.5 Å². The molecule has 1 saturated carbocycles. The van der Waals surface area contributed by atoms with E-state index >= 15 is 0 Å². The quantitative estimate of drug-likeness (QED) is 0.870. The lowest BCUT2D eigenvalue weighted by atomic mass is 9.73. The van der Waals surface area contributed by atoms with Crippen molar-refractivity contribution in [2.45, 2.75) is 24.5 Å². The zero-order valence-electron chi connectivity index (χ0n) is 8.34. The first-order valence-corrected chi connectivity index (χ1v) is 5.51. The molecule has 4 heteroatoms. The van der Waals surface area contributed by atoms with Crippen molar-refractivity contribution >= 4 is 23.2 Å². The maximum atomic E-state index is 10.3. The zero-order chi connectivity index (χ0) is 11.1. The Balaban J connectivity index is 2.27.